The van der Waals surface area contributed by atoms with E-state index in [4.69, 9.17) is 0 Å². The van der Waals surface area contributed by atoms with Crippen molar-refractivity contribution in [3.8, 4) is 0 Å². The molecular formula is C13H22F3N3O. The van der Waals surface area contributed by atoms with Crippen LogP contribution in [0.25, 0.3) is 0 Å². The van der Waals surface area contributed by atoms with Crippen LogP contribution in [-0.4, -0.2) is 56.3 Å². The number of amides is 1. The SMILES string of the molecule is CC1(C(=O)NCC2CCN(CC(F)(F)F)C2)CCNC1. The van der Waals surface area contributed by atoms with Crippen LogP contribution in [0.5, 0.6) is 0 Å². The van der Waals surface area contributed by atoms with Gasteiger partial charge in [0.25, 0.3) is 0 Å². The minimum absolute atomic E-state index is 0.0109. The molecule has 1 amide bonds. The van der Waals surface area contributed by atoms with E-state index in [2.05, 4.69) is 10.6 Å². The molecule has 2 fully saturated rings. The number of hydrogen-bond acceptors (Lipinski definition) is 3. The van der Waals surface area contributed by atoms with E-state index in [1.165, 1.54) is 4.90 Å². The molecule has 0 spiro atoms. The third-order valence-corrected chi connectivity index (χ3v) is 4.24. The van der Waals surface area contributed by atoms with Crippen molar-refractivity contribution in [2.75, 3.05) is 39.3 Å². The van der Waals surface area contributed by atoms with Crippen molar-refractivity contribution < 1.29 is 18.0 Å². The minimum atomic E-state index is -4.14. The van der Waals surface area contributed by atoms with Crippen LogP contribution in [0.4, 0.5) is 13.2 Å². The molecule has 2 saturated heterocycles. The Labute approximate surface area is 117 Å². The lowest BCUT2D eigenvalue weighted by Gasteiger charge is -2.23. The van der Waals surface area contributed by atoms with Crippen molar-refractivity contribution >= 4 is 5.91 Å². The van der Waals surface area contributed by atoms with Crippen molar-refractivity contribution in [2.24, 2.45) is 11.3 Å². The highest BCUT2D eigenvalue weighted by molar-refractivity contribution is 5.82. The Morgan fingerprint density at radius 3 is 2.85 bits per heavy atom. The van der Waals surface area contributed by atoms with E-state index in [1.54, 1.807) is 0 Å². The highest BCUT2D eigenvalue weighted by atomic mass is 19.4. The van der Waals surface area contributed by atoms with Gasteiger partial charge in [-0.2, -0.15) is 13.2 Å². The summed E-state index contributed by atoms with van der Waals surface area (Å²) in [4.78, 5) is 13.5. The zero-order valence-electron chi connectivity index (χ0n) is 11.7. The van der Waals surface area contributed by atoms with Gasteiger partial charge < -0.3 is 10.6 Å². The van der Waals surface area contributed by atoms with E-state index >= 15 is 0 Å². The van der Waals surface area contributed by atoms with Gasteiger partial charge in [-0.3, -0.25) is 9.69 Å². The second-order valence-electron chi connectivity index (χ2n) is 6.20. The number of nitrogens with zero attached hydrogens (tertiary/aromatic N) is 1. The van der Waals surface area contributed by atoms with E-state index in [0.717, 1.165) is 13.0 Å². The molecule has 0 bridgehead atoms. The van der Waals surface area contributed by atoms with Gasteiger partial charge >= 0.3 is 6.18 Å². The first kappa shape index (κ1) is 15.6. The maximum Gasteiger partial charge on any atom is 0.401 e. The number of likely N-dealkylation sites (tertiary alicyclic amines) is 1. The maximum atomic E-state index is 12.3. The van der Waals surface area contributed by atoms with E-state index in [1.807, 2.05) is 6.92 Å². The molecule has 4 nitrogen and oxygen atoms in total. The topological polar surface area (TPSA) is 44.4 Å². The molecule has 0 radical (unpaired) electrons. The molecule has 2 unspecified atom stereocenters. The van der Waals surface area contributed by atoms with Crippen LogP contribution in [0, 0.1) is 11.3 Å². The monoisotopic (exact) mass is 293 g/mol. The highest BCUT2D eigenvalue weighted by Gasteiger charge is 2.37. The molecule has 0 saturated carbocycles. The van der Waals surface area contributed by atoms with Crippen LogP contribution in [-0.2, 0) is 4.79 Å². The fourth-order valence-corrected chi connectivity index (χ4v) is 2.94. The van der Waals surface area contributed by atoms with Gasteiger partial charge in [0.1, 0.15) is 0 Å². The van der Waals surface area contributed by atoms with Crippen molar-refractivity contribution in [3.05, 3.63) is 0 Å². The Kier molecular flexibility index (Phi) is 4.59. The van der Waals surface area contributed by atoms with Crippen LogP contribution in [0.15, 0.2) is 0 Å². The third-order valence-electron chi connectivity index (χ3n) is 4.24. The average Bonchev–Trinajstić information content (AvgIpc) is 2.94. The van der Waals surface area contributed by atoms with Gasteiger partial charge in [-0.15, -0.1) is 0 Å². The molecule has 0 aliphatic carbocycles. The predicted molar refractivity (Wildman–Crippen MR) is 69.2 cm³/mol. The molecule has 2 aliphatic heterocycles. The van der Waals surface area contributed by atoms with Crippen LogP contribution in [0.2, 0.25) is 0 Å². The van der Waals surface area contributed by atoms with Gasteiger partial charge in [0, 0.05) is 19.6 Å². The lowest BCUT2D eigenvalue weighted by Crippen LogP contribution is -2.42. The maximum absolute atomic E-state index is 12.3. The van der Waals surface area contributed by atoms with Gasteiger partial charge in [0.15, 0.2) is 0 Å². The Hall–Kier alpha value is -0.820. The average molecular weight is 293 g/mol. The summed E-state index contributed by atoms with van der Waals surface area (Å²) in [6.45, 7) is 3.93. The molecule has 2 aliphatic rings. The quantitative estimate of drug-likeness (QED) is 0.812. The molecule has 116 valence electrons. The summed E-state index contributed by atoms with van der Waals surface area (Å²) in [5.74, 6) is 0.135. The van der Waals surface area contributed by atoms with Gasteiger partial charge in [0.2, 0.25) is 5.91 Å². The molecule has 2 atom stereocenters. The standard InChI is InChI=1S/C13H22F3N3O/c1-12(3-4-17-8-12)11(20)18-6-10-2-5-19(7-10)9-13(14,15)16/h10,17H,2-9H2,1H3,(H,18,20). The third kappa shape index (κ3) is 4.09. The molecule has 2 N–H and O–H groups in total. The lowest BCUT2D eigenvalue weighted by atomic mass is 9.88. The molecule has 0 aromatic heterocycles. The smallest absolute Gasteiger partial charge is 0.355 e. The lowest BCUT2D eigenvalue weighted by molar-refractivity contribution is -0.143. The van der Waals surface area contributed by atoms with Crippen LogP contribution < -0.4 is 10.6 Å². The number of hydrogen-bond donors (Lipinski definition) is 2. The first-order valence-electron chi connectivity index (χ1n) is 7.07. The molecule has 0 aromatic carbocycles. The minimum Gasteiger partial charge on any atom is -0.355 e. The van der Waals surface area contributed by atoms with Crippen LogP contribution in [0.3, 0.4) is 0 Å². The number of halogens is 3. The summed E-state index contributed by atoms with van der Waals surface area (Å²) >= 11 is 0. The second-order valence-corrected chi connectivity index (χ2v) is 6.20. The van der Waals surface area contributed by atoms with E-state index in [0.29, 0.717) is 32.6 Å². The number of nitrogens with one attached hydrogen (secondary N) is 2. The Balaban J connectivity index is 1.72. The summed E-state index contributed by atoms with van der Waals surface area (Å²) in [6.07, 6.45) is -2.61. The molecule has 20 heavy (non-hydrogen) atoms. The number of carbonyl (C=O) groups excluding carboxylic acids is 1. The van der Waals surface area contributed by atoms with Crippen molar-refractivity contribution in [3.63, 3.8) is 0 Å². The first-order valence-corrected chi connectivity index (χ1v) is 7.07. The zero-order chi connectivity index (χ0) is 14.8. The number of alkyl halides is 3. The molecule has 7 heteroatoms. The Morgan fingerprint density at radius 2 is 2.25 bits per heavy atom. The van der Waals surface area contributed by atoms with Gasteiger partial charge in [-0.1, -0.05) is 0 Å². The van der Waals surface area contributed by atoms with Crippen molar-refractivity contribution in [1.29, 1.82) is 0 Å². The fraction of sp³-hybridized carbons (Fsp3) is 0.923. The van der Waals surface area contributed by atoms with E-state index < -0.39 is 12.7 Å². The normalized spacial score (nSPS) is 31.7. The summed E-state index contributed by atoms with van der Waals surface area (Å²) in [5, 5.41) is 6.06. The first-order chi connectivity index (χ1) is 9.28. The van der Waals surface area contributed by atoms with E-state index in [9.17, 15) is 18.0 Å². The highest BCUT2D eigenvalue weighted by Crippen LogP contribution is 2.25. The molecule has 2 heterocycles. The van der Waals surface area contributed by atoms with Gasteiger partial charge in [-0.25, -0.2) is 0 Å². The Morgan fingerprint density at radius 1 is 1.50 bits per heavy atom. The summed E-state index contributed by atoms with van der Waals surface area (Å²) in [5.41, 5.74) is -0.371. The second kappa shape index (κ2) is 5.89. The number of carbonyl (C=O) groups is 1. The summed E-state index contributed by atoms with van der Waals surface area (Å²) in [6, 6.07) is 0. The summed E-state index contributed by atoms with van der Waals surface area (Å²) in [7, 11) is 0. The van der Waals surface area contributed by atoms with Crippen molar-refractivity contribution in [2.45, 2.75) is 25.9 Å². The Bertz CT molecular complexity index is 353. The van der Waals surface area contributed by atoms with Gasteiger partial charge in [0.05, 0.1) is 12.0 Å². The van der Waals surface area contributed by atoms with Crippen LogP contribution in [0.1, 0.15) is 19.8 Å². The largest absolute Gasteiger partial charge is 0.401 e. The van der Waals surface area contributed by atoms with Crippen LogP contribution >= 0.6 is 0 Å². The zero-order valence-corrected chi connectivity index (χ0v) is 11.7. The van der Waals surface area contributed by atoms with Crippen molar-refractivity contribution in [1.82, 2.24) is 15.5 Å². The predicted octanol–water partition coefficient (Wildman–Crippen LogP) is 0.986. The molecular weight excluding hydrogens is 271 g/mol. The van der Waals surface area contributed by atoms with Gasteiger partial charge in [-0.05, 0) is 38.8 Å². The molecule has 2 rings (SSSR count). The molecule has 0 aromatic rings. The van der Waals surface area contributed by atoms with E-state index in [-0.39, 0.29) is 17.2 Å². The summed E-state index contributed by atoms with van der Waals surface area (Å²) < 4.78 is 36.9. The number of rotatable bonds is 4. The fourth-order valence-electron chi connectivity index (χ4n) is 2.94.